The lowest BCUT2D eigenvalue weighted by atomic mass is 10.1. The molecule has 2 rings (SSSR count). The Bertz CT molecular complexity index is 208. The highest BCUT2D eigenvalue weighted by Crippen LogP contribution is 2.26. The summed E-state index contributed by atoms with van der Waals surface area (Å²) in [7, 11) is 0. The van der Waals surface area contributed by atoms with Crippen LogP contribution in [0, 0.1) is 6.20 Å². The van der Waals surface area contributed by atoms with E-state index in [0.29, 0.717) is 0 Å². The SMILES string of the molecule is [c]1nccnc1C1CCO1. The van der Waals surface area contributed by atoms with E-state index >= 15 is 0 Å². The average molecular weight is 135 g/mol. The van der Waals surface area contributed by atoms with Gasteiger partial charge in [-0.3, -0.25) is 9.97 Å². The lowest BCUT2D eigenvalue weighted by Crippen LogP contribution is -2.19. The van der Waals surface area contributed by atoms with Crippen LogP contribution in [0.15, 0.2) is 12.4 Å². The number of aromatic nitrogens is 2. The Balaban J connectivity index is 2.18. The molecular formula is C7H7N2O. The number of rotatable bonds is 1. The molecule has 0 aliphatic carbocycles. The van der Waals surface area contributed by atoms with Crippen molar-refractivity contribution < 1.29 is 4.74 Å². The summed E-state index contributed by atoms with van der Waals surface area (Å²) in [5, 5.41) is 0. The molecule has 0 saturated carbocycles. The van der Waals surface area contributed by atoms with E-state index in [4.69, 9.17) is 4.74 Å². The first-order valence-electron chi connectivity index (χ1n) is 3.27. The first-order valence-corrected chi connectivity index (χ1v) is 3.27. The van der Waals surface area contributed by atoms with Crippen LogP contribution in [0.1, 0.15) is 18.2 Å². The molecular weight excluding hydrogens is 128 g/mol. The van der Waals surface area contributed by atoms with E-state index in [2.05, 4.69) is 16.2 Å². The van der Waals surface area contributed by atoms with E-state index < -0.39 is 0 Å². The molecule has 0 N–H and O–H groups in total. The van der Waals surface area contributed by atoms with Gasteiger partial charge in [-0.05, 0) is 0 Å². The summed E-state index contributed by atoms with van der Waals surface area (Å²) in [6.45, 7) is 0.842. The van der Waals surface area contributed by atoms with Gasteiger partial charge in [-0.1, -0.05) is 0 Å². The second-order valence-corrected chi connectivity index (χ2v) is 2.20. The van der Waals surface area contributed by atoms with Gasteiger partial charge in [0, 0.05) is 18.8 Å². The van der Waals surface area contributed by atoms with E-state index in [0.717, 1.165) is 18.7 Å². The lowest BCUT2D eigenvalue weighted by molar-refractivity contribution is -0.0556. The molecule has 1 aliphatic rings. The van der Waals surface area contributed by atoms with Crippen LogP contribution < -0.4 is 0 Å². The minimum atomic E-state index is 0.161. The van der Waals surface area contributed by atoms with E-state index in [-0.39, 0.29) is 6.10 Å². The standard InChI is InChI=1S/C7H7N2O/c1-4-10-7(1)6-5-8-2-3-9-6/h2-3,7H,1,4H2. The van der Waals surface area contributed by atoms with E-state index in [9.17, 15) is 0 Å². The maximum absolute atomic E-state index is 5.18. The molecule has 1 radical (unpaired) electrons. The van der Waals surface area contributed by atoms with Crippen LogP contribution in [0.3, 0.4) is 0 Å². The van der Waals surface area contributed by atoms with Crippen LogP contribution in [-0.4, -0.2) is 16.6 Å². The smallest absolute Gasteiger partial charge is 0.115 e. The van der Waals surface area contributed by atoms with Gasteiger partial charge < -0.3 is 4.74 Å². The van der Waals surface area contributed by atoms with Gasteiger partial charge in [0.2, 0.25) is 0 Å². The molecule has 3 nitrogen and oxygen atoms in total. The lowest BCUT2D eigenvalue weighted by Gasteiger charge is -2.24. The quantitative estimate of drug-likeness (QED) is 0.569. The fourth-order valence-electron chi connectivity index (χ4n) is 0.886. The van der Waals surface area contributed by atoms with Crippen LogP contribution in [0.25, 0.3) is 0 Å². The van der Waals surface area contributed by atoms with Crippen LogP contribution >= 0.6 is 0 Å². The molecule has 0 spiro atoms. The van der Waals surface area contributed by atoms with Gasteiger partial charge in [0.15, 0.2) is 0 Å². The second kappa shape index (κ2) is 2.34. The van der Waals surface area contributed by atoms with Gasteiger partial charge >= 0.3 is 0 Å². The van der Waals surface area contributed by atoms with Crippen molar-refractivity contribution in [2.45, 2.75) is 12.5 Å². The Morgan fingerprint density at radius 1 is 1.60 bits per heavy atom. The summed E-state index contributed by atoms with van der Waals surface area (Å²) in [5.41, 5.74) is 0.828. The summed E-state index contributed by atoms with van der Waals surface area (Å²) >= 11 is 0. The van der Waals surface area contributed by atoms with Gasteiger partial charge in [0.05, 0.1) is 12.3 Å². The van der Waals surface area contributed by atoms with E-state index in [1.54, 1.807) is 12.4 Å². The Morgan fingerprint density at radius 2 is 2.50 bits per heavy atom. The summed E-state index contributed by atoms with van der Waals surface area (Å²) in [4.78, 5) is 7.88. The van der Waals surface area contributed by atoms with Gasteiger partial charge in [-0.15, -0.1) is 0 Å². The molecule has 3 heteroatoms. The molecule has 1 unspecified atom stereocenters. The first kappa shape index (κ1) is 5.80. The number of ether oxygens (including phenoxy) is 1. The third kappa shape index (κ3) is 0.885. The topological polar surface area (TPSA) is 35.0 Å². The van der Waals surface area contributed by atoms with E-state index in [1.165, 1.54) is 0 Å². The zero-order valence-corrected chi connectivity index (χ0v) is 5.45. The molecule has 1 aromatic heterocycles. The van der Waals surface area contributed by atoms with Gasteiger partial charge in [0.1, 0.15) is 12.3 Å². The van der Waals surface area contributed by atoms with Gasteiger partial charge in [-0.2, -0.15) is 0 Å². The maximum Gasteiger partial charge on any atom is 0.115 e. The van der Waals surface area contributed by atoms with Gasteiger partial charge in [0.25, 0.3) is 0 Å². The normalized spacial score (nSPS) is 23.8. The van der Waals surface area contributed by atoms with Crippen molar-refractivity contribution >= 4 is 0 Å². The van der Waals surface area contributed by atoms with Crippen molar-refractivity contribution in [3.63, 3.8) is 0 Å². The van der Waals surface area contributed by atoms with Crippen molar-refractivity contribution in [2.24, 2.45) is 0 Å². The minimum absolute atomic E-state index is 0.161. The molecule has 1 atom stereocenters. The highest BCUT2D eigenvalue weighted by atomic mass is 16.5. The van der Waals surface area contributed by atoms with Crippen LogP contribution in [0.2, 0.25) is 0 Å². The summed E-state index contributed by atoms with van der Waals surface area (Å²) in [6, 6.07) is 0. The molecule has 1 fully saturated rings. The average Bonchev–Trinajstić information content (AvgIpc) is 1.86. The maximum atomic E-state index is 5.18. The molecule has 0 aromatic carbocycles. The van der Waals surface area contributed by atoms with Crippen molar-refractivity contribution in [3.8, 4) is 0 Å². The zero-order valence-electron chi connectivity index (χ0n) is 5.45. The molecule has 2 heterocycles. The molecule has 1 saturated heterocycles. The minimum Gasteiger partial charge on any atom is -0.372 e. The van der Waals surface area contributed by atoms with Crippen molar-refractivity contribution in [3.05, 3.63) is 24.3 Å². The monoisotopic (exact) mass is 135 g/mol. The molecule has 10 heavy (non-hydrogen) atoms. The predicted molar refractivity (Wildman–Crippen MR) is 34.2 cm³/mol. The largest absolute Gasteiger partial charge is 0.372 e. The highest BCUT2D eigenvalue weighted by molar-refractivity contribution is 4.99. The third-order valence-electron chi connectivity index (χ3n) is 1.54. The third-order valence-corrected chi connectivity index (χ3v) is 1.54. The fourth-order valence-corrected chi connectivity index (χ4v) is 0.886. The Kier molecular flexibility index (Phi) is 1.36. The van der Waals surface area contributed by atoms with Gasteiger partial charge in [-0.25, -0.2) is 0 Å². The molecule has 0 bridgehead atoms. The second-order valence-electron chi connectivity index (χ2n) is 2.20. The first-order chi connectivity index (χ1) is 4.97. The van der Waals surface area contributed by atoms with Crippen LogP contribution in [-0.2, 0) is 4.74 Å². The van der Waals surface area contributed by atoms with Crippen LogP contribution in [0.5, 0.6) is 0 Å². The zero-order chi connectivity index (χ0) is 6.81. The van der Waals surface area contributed by atoms with Crippen molar-refractivity contribution in [2.75, 3.05) is 6.61 Å². The fraction of sp³-hybridized carbons (Fsp3) is 0.429. The Morgan fingerprint density at radius 3 is 3.00 bits per heavy atom. The summed E-state index contributed by atoms with van der Waals surface area (Å²) < 4.78 is 5.18. The predicted octanol–water partition coefficient (Wildman–Crippen LogP) is 0.738. The number of nitrogens with zero attached hydrogens (tertiary/aromatic N) is 2. The summed E-state index contributed by atoms with van der Waals surface area (Å²) in [5.74, 6) is 0. The molecule has 0 amide bonds. The van der Waals surface area contributed by atoms with E-state index in [1.807, 2.05) is 0 Å². The Labute approximate surface area is 59.1 Å². The highest BCUT2D eigenvalue weighted by Gasteiger charge is 2.21. The summed E-state index contributed by atoms with van der Waals surface area (Å²) in [6.07, 6.45) is 7.27. The molecule has 1 aliphatic heterocycles. The van der Waals surface area contributed by atoms with Crippen LogP contribution in [0.4, 0.5) is 0 Å². The number of hydrogen-bond donors (Lipinski definition) is 0. The molecule has 1 aromatic rings. The number of hydrogen-bond acceptors (Lipinski definition) is 3. The van der Waals surface area contributed by atoms with Crippen molar-refractivity contribution in [1.29, 1.82) is 0 Å². The molecule has 51 valence electrons. The van der Waals surface area contributed by atoms with Crippen molar-refractivity contribution in [1.82, 2.24) is 9.97 Å². The Hall–Kier alpha value is -0.960.